The first kappa shape index (κ1) is 24.9. The highest BCUT2D eigenvalue weighted by Crippen LogP contribution is 2.44. The third kappa shape index (κ3) is 4.40. The highest BCUT2D eigenvalue weighted by atomic mass is 32.1. The Balaban J connectivity index is 1.87. The van der Waals surface area contributed by atoms with E-state index in [4.69, 9.17) is 9.47 Å². The van der Waals surface area contributed by atoms with E-state index in [-0.39, 0.29) is 27.9 Å². The van der Waals surface area contributed by atoms with E-state index in [1.54, 1.807) is 56.5 Å². The number of nitrogens with zero attached hydrogens (tertiary/aromatic N) is 2. The Bertz CT molecular complexity index is 1390. The molecule has 1 fully saturated rings. The second kappa shape index (κ2) is 10.2. The first-order valence-electron chi connectivity index (χ1n) is 11.0. The number of rotatable bonds is 7. The number of anilines is 1. The van der Waals surface area contributed by atoms with Crippen LogP contribution in [0.25, 0.3) is 5.76 Å². The molecule has 0 radical (unpaired) electrons. The minimum absolute atomic E-state index is 0.0291. The van der Waals surface area contributed by atoms with Crippen LogP contribution in [-0.4, -0.2) is 41.5 Å². The van der Waals surface area contributed by atoms with Crippen molar-refractivity contribution in [1.29, 1.82) is 0 Å². The van der Waals surface area contributed by atoms with E-state index in [1.807, 2.05) is 13.0 Å². The molecule has 0 aliphatic carbocycles. The van der Waals surface area contributed by atoms with Crippen LogP contribution >= 0.6 is 11.3 Å². The highest BCUT2D eigenvalue weighted by molar-refractivity contribution is 7.17. The van der Waals surface area contributed by atoms with Crippen LogP contribution in [0, 0.1) is 13.8 Å². The molecule has 36 heavy (non-hydrogen) atoms. The second-order valence-electron chi connectivity index (χ2n) is 8.06. The predicted octanol–water partition coefficient (Wildman–Crippen LogP) is 4.74. The van der Waals surface area contributed by atoms with Gasteiger partial charge in [0.1, 0.15) is 23.0 Å². The van der Waals surface area contributed by atoms with E-state index in [1.165, 1.54) is 11.0 Å². The fourth-order valence-electron chi connectivity index (χ4n) is 4.04. The molecule has 1 N–H and O–H groups in total. The number of methoxy groups -OCH3 is 1. The number of aryl methyl sites for hydroxylation is 2. The molecule has 1 amide bonds. The number of Topliss-reactive ketones (excluding diaryl/α,β-unsaturated/α-hetero) is 1. The molecule has 1 aliphatic heterocycles. The molecule has 4 rings (SSSR count). The highest BCUT2D eigenvalue weighted by Gasteiger charge is 2.48. The lowest BCUT2D eigenvalue weighted by Crippen LogP contribution is -2.29. The zero-order valence-electron chi connectivity index (χ0n) is 20.0. The van der Waals surface area contributed by atoms with Crippen molar-refractivity contribution < 1.29 is 29.0 Å². The van der Waals surface area contributed by atoms with E-state index in [9.17, 15) is 19.5 Å². The quantitative estimate of drug-likeness (QED) is 0.163. The van der Waals surface area contributed by atoms with Crippen molar-refractivity contribution in [1.82, 2.24) is 4.98 Å². The fraction of sp³-hybridized carbons (Fsp3) is 0.185. The van der Waals surface area contributed by atoms with Gasteiger partial charge in [-0.15, -0.1) is 0 Å². The summed E-state index contributed by atoms with van der Waals surface area (Å²) in [4.78, 5) is 44.9. The van der Waals surface area contributed by atoms with Crippen molar-refractivity contribution >= 4 is 39.9 Å². The molecular formula is C27H24N2O6S. The van der Waals surface area contributed by atoms with E-state index >= 15 is 0 Å². The summed E-state index contributed by atoms with van der Waals surface area (Å²) in [5, 5.41) is 11.4. The number of carbonyl (C=O) groups is 3. The topological polar surface area (TPSA) is 106 Å². The number of aromatic nitrogens is 1. The van der Waals surface area contributed by atoms with Gasteiger partial charge >= 0.3 is 11.9 Å². The SMILES string of the molecule is C=CCOC(=O)c1sc(N2C(=O)C(=O)C(=C(O)c3ccc(OC)c(C)c3)[C@H]2c2ccccc2)nc1C. The molecule has 2 aromatic carbocycles. The minimum atomic E-state index is -0.948. The lowest BCUT2D eigenvalue weighted by molar-refractivity contribution is -0.132. The van der Waals surface area contributed by atoms with Crippen LogP contribution in [0.2, 0.25) is 0 Å². The molecule has 1 saturated heterocycles. The number of thiazole rings is 1. The van der Waals surface area contributed by atoms with Crippen LogP contribution in [0.3, 0.4) is 0 Å². The Kier molecular flexibility index (Phi) is 7.03. The summed E-state index contributed by atoms with van der Waals surface area (Å²) in [6.45, 7) is 6.99. The third-order valence-electron chi connectivity index (χ3n) is 5.74. The Morgan fingerprint density at radius 1 is 1.19 bits per heavy atom. The summed E-state index contributed by atoms with van der Waals surface area (Å²) in [5.74, 6) is -1.98. The number of ketones is 1. The molecule has 184 valence electrons. The summed E-state index contributed by atoms with van der Waals surface area (Å²) in [7, 11) is 1.54. The number of aliphatic hydroxyl groups is 1. The van der Waals surface area contributed by atoms with Crippen molar-refractivity contribution in [3.05, 3.63) is 94.0 Å². The molecule has 1 aromatic heterocycles. The summed E-state index contributed by atoms with van der Waals surface area (Å²) in [6.07, 6.45) is 1.45. The standard InChI is InChI=1S/C27H24N2O6S/c1-5-13-35-26(33)24-16(3)28-27(36-24)29-21(17-9-7-6-8-10-17)20(23(31)25(29)32)22(30)18-11-12-19(34-4)15(2)14-18/h5-12,14,21,30H,1,13H2,2-4H3/t21-/m1/s1. The lowest BCUT2D eigenvalue weighted by atomic mass is 9.95. The van der Waals surface area contributed by atoms with Gasteiger partial charge in [0.05, 0.1) is 24.4 Å². The third-order valence-corrected chi connectivity index (χ3v) is 6.87. The predicted molar refractivity (Wildman–Crippen MR) is 136 cm³/mol. The molecule has 9 heteroatoms. The molecule has 2 heterocycles. The summed E-state index contributed by atoms with van der Waals surface area (Å²) in [6, 6.07) is 12.9. The average molecular weight is 505 g/mol. The largest absolute Gasteiger partial charge is 0.507 e. The number of ether oxygens (including phenoxy) is 2. The van der Waals surface area contributed by atoms with E-state index in [0.29, 0.717) is 22.6 Å². The van der Waals surface area contributed by atoms with Crippen molar-refractivity contribution in [2.24, 2.45) is 0 Å². The van der Waals surface area contributed by atoms with Crippen molar-refractivity contribution in [3.63, 3.8) is 0 Å². The number of aliphatic hydroxyl groups excluding tert-OH is 1. The Morgan fingerprint density at radius 2 is 1.92 bits per heavy atom. The van der Waals surface area contributed by atoms with Gasteiger partial charge in [0.25, 0.3) is 5.78 Å². The summed E-state index contributed by atoms with van der Waals surface area (Å²) >= 11 is 0.949. The Labute approximate surface area is 212 Å². The van der Waals surface area contributed by atoms with Gasteiger partial charge in [-0.2, -0.15) is 0 Å². The first-order valence-corrected chi connectivity index (χ1v) is 11.9. The smallest absolute Gasteiger partial charge is 0.350 e. The van der Waals surface area contributed by atoms with Gasteiger partial charge in [-0.1, -0.05) is 54.3 Å². The first-order chi connectivity index (χ1) is 17.3. The van der Waals surface area contributed by atoms with Gasteiger partial charge in [-0.3, -0.25) is 14.5 Å². The monoisotopic (exact) mass is 504 g/mol. The second-order valence-corrected chi connectivity index (χ2v) is 9.04. The molecule has 8 nitrogen and oxygen atoms in total. The molecular weight excluding hydrogens is 480 g/mol. The maximum absolute atomic E-state index is 13.3. The minimum Gasteiger partial charge on any atom is -0.507 e. The van der Waals surface area contributed by atoms with Crippen LogP contribution in [0.5, 0.6) is 5.75 Å². The van der Waals surface area contributed by atoms with Crippen LogP contribution in [0.4, 0.5) is 5.13 Å². The van der Waals surface area contributed by atoms with Gasteiger partial charge in [0, 0.05) is 5.56 Å². The number of carbonyl (C=O) groups excluding carboxylic acids is 3. The fourth-order valence-corrected chi connectivity index (χ4v) is 5.02. The number of hydrogen-bond acceptors (Lipinski definition) is 8. The average Bonchev–Trinajstić information content (AvgIpc) is 3.39. The van der Waals surface area contributed by atoms with Gasteiger partial charge in [0.15, 0.2) is 5.13 Å². The van der Waals surface area contributed by atoms with Gasteiger partial charge < -0.3 is 14.6 Å². The normalized spacial score (nSPS) is 16.8. The van der Waals surface area contributed by atoms with Crippen LogP contribution in [0.15, 0.2) is 66.8 Å². The van der Waals surface area contributed by atoms with Gasteiger partial charge in [-0.25, -0.2) is 9.78 Å². The maximum atomic E-state index is 13.3. The Hall–Kier alpha value is -4.24. The van der Waals surface area contributed by atoms with Crippen molar-refractivity contribution in [3.8, 4) is 5.75 Å². The van der Waals surface area contributed by atoms with Crippen LogP contribution < -0.4 is 9.64 Å². The van der Waals surface area contributed by atoms with E-state index in [0.717, 1.165) is 16.9 Å². The molecule has 0 bridgehead atoms. The number of amides is 1. The van der Waals surface area contributed by atoms with Crippen LogP contribution in [-0.2, 0) is 14.3 Å². The van der Waals surface area contributed by atoms with Crippen LogP contribution in [0.1, 0.15) is 38.1 Å². The molecule has 0 saturated carbocycles. The zero-order chi connectivity index (χ0) is 26.0. The Morgan fingerprint density at radius 3 is 2.56 bits per heavy atom. The maximum Gasteiger partial charge on any atom is 0.350 e. The number of esters is 1. The molecule has 1 aliphatic rings. The zero-order valence-corrected chi connectivity index (χ0v) is 20.8. The number of hydrogen-bond donors (Lipinski definition) is 1. The van der Waals surface area contributed by atoms with Crippen molar-refractivity contribution in [2.75, 3.05) is 18.6 Å². The summed E-state index contributed by atoms with van der Waals surface area (Å²) in [5.41, 5.74) is 2.02. The van der Waals surface area contributed by atoms with E-state index in [2.05, 4.69) is 11.6 Å². The lowest BCUT2D eigenvalue weighted by Gasteiger charge is -2.23. The summed E-state index contributed by atoms with van der Waals surface area (Å²) < 4.78 is 10.4. The van der Waals surface area contributed by atoms with Crippen molar-refractivity contribution in [2.45, 2.75) is 19.9 Å². The van der Waals surface area contributed by atoms with E-state index < -0.39 is 23.7 Å². The molecule has 3 aromatic rings. The molecule has 1 atom stereocenters. The van der Waals surface area contributed by atoms with Gasteiger partial charge in [0.2, 0.25) is 0 Å². The molecule has 0 spiro atoms. The molecule has 0 unspecified atom stereocenters. The number of benzene rings is 2. The van der Waals surface area contributed by atoms with Gasteiger partial charge in [-0.05, 0) is 43.2 Å².